The Balaban J connectivity index is 2.28. The van der Waals surface area contributed by atoms with Gasteiger partial charge in [-0.3, -0.25) is 0 Å². The van der Waals surface area contributed by atoms with Gasteiger partial charge in [-0.25, -0.2) is 0 Å². The van der Waals surface area contributed by atoms with Crippen molar-refractivity contribution < 1.29 is 0 Å². The second-order valence-electron chi connectivity index (χ2n) is 4.80. The highest BCUT2D eigenvalue weighted by molar-refractivity contribution is 6.97. The fraction of sp³-hybridized carbons (Fsp3) is 0.333. The lowest BCUT2D eigenvalue weighted by Crippen LogP contribution is -2.09. The van der Waals surface area contributed by atoms with Gasteiger partial charge in [0.1, 0.15) is 0 Å². The van der Waals surface area contributed by atoms with E-state index in [4.69, 9.17) is 0 Å². The van der Waals surface area contributed by atoms with Crippen molar-refractivity contribution in [3.05, 3.63) is 48.6 Å². The largest absolute Gasteiger partial charge is 0.0798 e. The average molecular weight is 186 g/mol. The van der Waals surface area contributed by atoms with Crippen molar-refractivity contribution >= 4 is 8.07 Å². The highest BCUT2D eigenvalue weighted by Gasteiger charge is 2.79. The molecule has 0 aromatic rings. The molecule has 1 saturated heterocycles. The molecule has 2 aliphatic carbocycles. The van der Waals surface area contributed by atoms with Crippen LogP contribution in [-0.4, -0.2) is 8.07 Å². The highest BCUT2D eigenvalue weighted by atomic mass is 28.3. The molecule has 0 saturated carbocycles. The van der Waals surface area contributed by atoms with Gasteiger partial charge in [-0.05, 0) is 0 Å². The zero-order valence-corrected chi connectivity index (χ0v) is 9.12. The van der Waals surface area contributed by atoms with Gasteiger partial charge in [0.25, 0.3) is 0 Å². The standard InChI is InChI=1S/C12H14Si/c1-13(2)11-7-3-4-8-12(11,13)10-6-5-9-11/h3-10H,1-2H3. The van der Waals surface area contributed by atoms with E-state index in [1.807, 2.05) is 0 Å². The lowest BCUT2D eigenvalue weighted by atomic mass is 9.85. The lowest BCUT2D eigenvalue weighted by Gasteiger charge is -2.19. The molecule has 3 aliphatic rings. The van der Waals surface area contributed by atoms with Crippen LogP contribution in [0.25, 0.3) is 0 Å². The SMILES string of the molecule is C[Si]1(C)C23C=CC=CC21C=CC=C3. The summed E-state index contributed by atoms with van der Waals surface area (Å²) in [5, 5.41) is 0.840. The minimum atomic E-state index is -1.14. The molecule has 1 heteroatoms. The van der Waals surface area contributed by atoms with Gasteiger partial charge in [0.05, 0.1) is 8.07 Å². The third-order valence-corrected chi connectivity index (χ3v) is 9.73. The van der Waals surface area contributed by atoms with Crippen molar-refractivity contribution in [3.63, 3.8) is 0 Å². The van der Waals surface area contributed by atoms with Crippen LogP contribution in [0, 0.1) is 0 Å². The Morgan fingerprint density at radius 2 is 1.00 bits per heavy atom. The van der Waals surface area contributed by atoms with Crippen LogP contribution in [0.3, 0.4) is 0 Å². The summed E-state index contributed by atoms with van der Waals surface area (Å²) in [6.45, 7) is 4.99. The predicted octanol–water partition coefficient (Wildman–Crippen LogP) is 3.44. The number of hydrogen-bond acceptors (Lipinski definition) is 0. The topological polar surface area (TPSA) is 0 Å². The van der Waals surface area contributed by atoms with Crippen molar-refractivity contribution in [2.24, 2.45) is 0 Å². The van der Waals surface area contributed by atoms with Crippen LogP contribution in [0.2, 0.25) is 23.2 Å². The van der Waals surface area contributed by atoms with E-state index in [1.54, 1.807) is 0 Å². The molecular formula is C12H14Si. The van der Waals surface area contributed by atoms with Crippen LogP contribution in [0.4, 0.5) is 0 Å². The summed E-state index contributed by atoms with van der Waals surface area (Å²) in [5.41, 5.74) is 0. The summed E-state index contributed by atoms with van der Waals surface area (Å²) in [6, 6.07) is 0. The summed E-state index contributed by atoms with van der Waals surface area (Å²) < 4.78 is 0. The van der Waals surface area contributed by atoms with Crippen LogP contribution >= 0.6 is 0 Å². The van der Waals surface area contributed by atoms with Crippen molar-refractivity contribution in [2.45, 2.75) is 23.2 Å². The normalized spacial score (nSPS) is 47.2. The molecule has 1 heterocycles. The molecule has 0 spiro atoms. The third kappa shape index (κ3) is 0.529. The van der Waals surface area contributed by atoms with Gasteiger partial charge in [-0.2, -0.15) is 0 Å². The number of rotatable bonds is 0. The quantitative estimate of drug-likeness (QED) is 0.508. The van der Waals surface area contributed by atoms with Crippen LogP contribution in [0.15, 0.2) is 48.6 Å². The van der Waals surface area contributed by atoms with Gasteiger partial charge in [0.15, 0.2) is 0 Å². The second-order valence-corrected chi connectivity index (χ2v) is 9.70. The average Bonchev–Trinajstić information content (AvgIpc) is 2.61. The zero-order valence-electron chi connectivity index (χ0n) is 8.12. The molecule has 0 unspecified atom stereocenters. The maximum atomic E-state index is 2.49. The van der Waals surface area contributed by atoms with Crippen molar-refractivity contribution in [3.8, 4) is 0 Å². The molecule has 0 aromatic carbocycles. The Morgan fingerprint density at radius 1 is 0.692 bits per heavy atom. The summed E-state index contributed by atoms with van der Waals surface area (Å²) in [7, 11) is -1.14. The van der Waals surface area contributed by atoms with E-state index in [9.17, 15) is 0 Å². The Bertz CT molecular complexity index is 320. The Labute approximate surface area is 80.4 Å². The minimum absolute atomic E-state index is 0.420. The Kier molecular flexibility index (Phi) is 1.06. The summed E-state index contributed by atoms with van der Waals surface area (Å²) >= 11 is 0. The molecule has 0 nitrogen and oxygen atoms in total. The molecule has 0 radical (unpaired) electrons. The maximum Gasteiger partial charge on any atom is 0.0798 e. The van der Waals surface area contributed by atoms with E-state index in [2.05, 4.69) is 61.7 Å². The Hall–Kier alpha value is -0.823. The van der Waals surface area contributed by atoms with E-state index in [1.165, 1.54) is 0 Å². The van der Waals surface area contributed by atoms with Crippen molar-refractivity contribution in [1.82, 2.24) is 0 Å². The van der Waals surface area contributed by atoms with Gasteiger partial charge in [-0.1, -0.05) is 61.7 Å². The van der Waals surface area contributed by atoms with Crippen LogP contribution in [0.1, 0.15) is 0 Å². The molecule has 13 heavy (non-hydrogen) atoms. The second kappa shape index (κ2) is 1.83. The van der Waals surface area contributed by atoms with E-state index < -0.39 is 8.07 Å². The molecule has 66 valence electrons. The van der Waals surface area contributed by atoms with E-state index in [0.29, 0.717) is 10.1 Å². The third-order valence-electron chi connectivity index (χ3n) is 4.35. The van der Waals surface area contributed by atoms with Gasteiger partial charge < -0.3 is 0 Å². The zero-order chi connectivity index (χ0) is 9.16. The van der Waals surface area contributed by atoms with E-state index >= 15 is 0 Å². The van der Waals surface area contributed by atoms with Gasteiger partial charge in [0.2, 0.25) is 0 Å². The van der Waals surface area contributed by atoms with Crippen LogP contribution in [0.5, 0.6) is 0 Å². The first-order chi connectivity index (χ1) is 6.16. The van der Waals surface area contributed by atoms with E-state index in [-0.39, 0.29) is 0 Å². The maximum absolute atomic E-state index is 2.49. The van der Waals surface area contributed by atoms with Gasteiger partial charge in [0, 0.05) is 10.1 Å². The molecule has 1 fully saturated rings. The van der Waals surface area contributed by atoms with Crippen molar-refractivity contribution in [2.75, 3.05) is 0 Å². The summed E-state index contributed by atoms with van der Waals surface area (Å²) in [6.07, 6.45) is 18.5. The minimum Gasteiger partial charge on any atom is -0.0764 e. The molecule has 0 N–H and O–H groups in total. The van der Waals surface area contributed by atoms with Crippen LogP contribution < -0.4 is 0 Å². The smallest absolute Gasteiger partial charge is 0.0764 e. The number of allylic oxidation sites excluding steroid dienone is 8. The number of hydrogen-bond donors (Lipinski definition) is 0. The van der Waals surface area contributed by atoms with Gasteiger partial charge >= 0.3 is 0 Å². The molecule has 0 bridgehead atoms. The summed E-state index contributed by atoms with van der Waals surface area (Å²) in [5.74, 6) is 0. The highest BCUT2D eigenvalue weighted by Crippen LogP contribution is 2.86. The van der Waals surface area contributed by atoms with E-state index in [0.717, 1.165) is 0 Å². The van der Waals surface area contributed by atoms with Crippen LogP contribution in [-0.2, 0) is 0 Å². The molecule has 0 amide bonds. The first-order valence-electron chi connectivity index (χ1n) is 4.90. The van der Waals surface area contributed by atoms with Crippen molar-refractivity contribution in [1.29, 1.82) is 0 Å². The fourth-order valence-electron chi connectivity index (χ4n) is 3.34. The first kappa shape index (κ1) is 7.57. The first-order valence-corrected chi connectivity index (χ1v) is 7.90. The fourth-order valence-corrected chi connectivity index (χ4v) is 8.50. The lowest BCUT2D eigenvalue weighted by molar-refractivity contribution is 0.849. The predicted molar refractivity (Wildman–Crippen MR) is 59.4 cm³/mol. The molecule has 1 aliphatic heterocycles. The molecule has 0 aromatic heterocycles. The monoisotopic (exact) mass is 186 g/mol. The molecule has 0 atom stereocenters. The Morgan fingerprint density at radius 3 is 1.31 bits per heavy atom. The summed E-state index contributed by atoms with van der Waals surface area (Å²) in [4.78, 5) is 0. The molecule has 3 rings (SSSR count). The van der Waals surface area contributed by atoms with Gasteiger partial charge in [-0.15, -0.1) is 0 Å². The molecular weight excluding hydrogens is 172 g/mol.